The van der Waals surface area contributed by atoms with Crippen LogP contribution in [0.2, 0.25) is 0 Å². The summed E-state index contributed by atoms with van der Waals surface area (Å²) in [6, 6.07) is 10.9. The van der Waals surface area contributed by atoms with Crippen LogP contribution in [0.1, 0.15) is 50.5 Å². The summed E-state index contributed by atoms with van der Waals surface area (Å²) in [6.07, 6.45) is 11.2. The van der Waals surface area contributed by atoms with E-state index < -0.39 is 0 Å². The third kappa shape index (κ3) is 5.78. The van der Waals surface area contributed by atoms with E-state index in [-0.39, 0.29) is 0 Å². The Morgan fingerprint density at radius 2 is 1.63 bits per heavy atom. The summed E-state index contributed by atoms with van der Waals surface area (Å²) in [5, 5.41) is 0. The molecule has 106 valence electrons. The molecule has 0 unspecified atom stereocenters. The number of piperidine rings is 1. The maximum atomic E-state index is 2.47. The van der Waals surface area contributed by atoms with E-state index in [1.54, 1.807) is 0 Å². The molecule has 1 aromatic rings. The number of unbranched alkanes of at least 4 members (excludes halogenated alkanes) is 3. The second-order valence-electron chi connectivity index (χ2n) is 6.19. The highest BCUT2D eigenvalue weighted by Gasteiger charge is 2.15. The van der Waals surface area contributed by atoms with E-state index in [0.29, 0.717) is 0 Å². The van der Waals surface area contributed by atoms with Gasteiger partial charge in [-0.3, -0.25) is 0 Å². The summed E-state index contributed by atoms with van der Waals surface area (Å²) in [7, 11) is 2.25. The smallest absolute Gasteiger partial charge is 0.00191 e. The first-order valence-electron chi connectivity index (χ1n) is 8.07. The molecule has 1 aliphatic heterocycles. The van der Waals surface area contributed by atoms with Crippen molar-refractivity contribution in [1.82, 2.24) is 4.90 Å². The van der Waals surface area contributed by atoms with E-state index in [2.05, 4.69) is 42.3 Å². The van der Waals surface area contributed by atoms with Crippen LogP contribution in [0, 0.1) is 5.92 Å². The van der Waals surface area contributed by atoms with Crippen LogP contribution in [0.4, 0.5) is 0 Å². The molecule has 1 fully saturated rings. The van der Waals surface area contributed by atoms with Gasteiger partial charge in [0, 0.05) is 0 Å². The van der Waals surface area contributed by atoms with Gasteiger partial charge in [0.1, 0.15) is 0 Å². The molecule has 1 nitrogen and oxygen atoms in total. The fraction of sp³-hybridized carbons (Fsp3) is 0.667. The van der Waals surface area contributed by atoms with Crippen molar-refractivity contribution in [3.63, 3.8) is 0 Å². The predicted octanol–water partition coefficient (Wildman–Crippen LogP) is 4.52. The predicted molar refractivity (Wildman–Crippen MR) is 83.5 cm³/mol. The normalized spacial score (nSPS) is 17.7. The number of hydrogen-bond acceptors (Lipinski definition) is 1. The van der Waals surface area contributed by atoms with Gasteiger partial charge in [-0.25, -0.2) is 0 Å². The molecule has 0 N–H and O–H groups in total. The molecule has 1 saturated heterocycles. The number of hydrogen-bond donors (Lipinski definition) is 0. The van der Waals surface area contributed by atoms with Crippen LogP contribution in [0.3, 0.4) is 0 Å². The molecular formula is C18H29N. The molecule has 0 bridgehead atoms. The summed E-state index contributed by atoms with van der Waals surface area (Å²) in [5.74, 6) is 1.02. The fourth-order valence-electron chi connectivity index (χ4n) is 3.11. The molecule has 0 aromatic heterocycles. The second kappa shape index (κ2) is 8.37. The summed E-state index contributed by atoms with van der Waals surface area (Å²) < 4.78 is 0. The van der Waals surface area contributed by atoms with Gasteiger partial charge in [0.2, 0.25) is 0 Å². The van der Waals surface area contributed by atoms with Crippen molar-refractivity contribution < 1.29 is 0 Å². The zero-order chi connectivity index (χ0) is 13.3. The van der Waals surface area contributed by atoms with E-state index in [1.807, 2.05) is 0 Å². The lowest BCUT2D eigenvalue weighted by atomic mass is 9.91. The summed E-state index contributed by atoms with van der Waals surface area (Å²) in [6.45, 7) is 2.64. The monoisotopic (exact) mass is 259 g/mol. The molecular weight excluding hydrogens is 230 g/mol. The van der Waals surface area contributed by atoms with Crippen LogP contribution >= 0.6 is 0 Å². The minimum absolute atomic E-state index is 1.02. The highest BCUT2D eigenvalue weighted by Crippen LogP contribution is 2.22. The lowest BCUT2D eigenvalue weighted by Gasteiger charge is -2.28. The average molecular weight is 259 g/mol. The lowest BCUT2D eigenvalue weighted by Crippen LogP contribution is -2.30. The maximum absolute atomic E-state index is 2.47. The first-order chi connectivity index (χ1) is 9.34. The van der Waals surface area contributed by atoms with Crippen molar-refractivity contribution >= 4 is 0 Å². The van der Waals surface area contributed by atoms with Crippen LogP contribution in [0.25, 0.3) is 0 Å². The molecule has 2 rings (SSSR count). The second-order valence-corrected chi connectivity index (χ2v) is 6.19. The molecule has 0 aliphatic carbocycles. The minimum atomic E-state index is 1.02. The van der Waals surface area contributed by atoms with Crippen molar-refractivity contribution in [3.05, 3.63) is 35.9 Å². The quantitative estimate of drug-likeness (QED) is 0.651. The molecule has 0 radical (unpaired) electrons. The van der Waals surface area contributed by atoms with E-state index in [0.717, 1.165) is 5.92 Å². The molecule has 1 heteroatoms. The highest BCUT2D eigenvalue weighted by atomic mass is 15.1. The minimum Gasteiger partial charge on any atom is -0.306 e. The van der Waals surface area contributed by atoms with Crippen molar-refractivity contribution in [3.8, 4) is 0 Å². The van der Waals surface area contributed by atoms with Crippen molar-refractivity contribution in [1.29, 1.82) is 0 Å². The highest BCUT2D eigenvalue weighted by molar-refractivity contribution is 5.14. The Morgan fingerprint density at radius 1 is 0.947 bits per heavy atom. The Morgan fingerprint density at radius 3 is 2.37 bits per heavy atom. The van der Waals surface area contributed by atoms with Gasteiger partial charge in [-0.15, -0.1) is 0 Å². The third-order valence-corrected chi connectivity index (χ3v) is 4.51. The first kappa shape index (κ1) is 14.6. The molecule has 19 heavy (non-hydrogen) atoms. The third-order valence-electron chi connectivity index (χ3n) is 4.51. The molecule has 0 spiro atoms. The summed E-state index contributed by atoms with van der Waals surface area (Å²) >= 11 is 0. The Balaban J connectivity index is 1.46. The molecule has 1 aliphatic rings. The van der Waals surface area contributed by atoms with E-state index in [4.69, 9.17) is 0 Å². The topological polar surface area (TPSA) is 3.24 Å². The number of rotatable bonds is 7. The summed E-state index contributed by atoms with van der Waals surface area (Å²) in [4.78, 5) is 2.47. The van der Waals surface area contributed by atoms with Crippen LogP contribution in [0.5, 0.6) is 0 Å². The molecule has 0 amide bonds. The van der Waals surface area contributed by atoms with Gasteiger partial charge in [-0.1, -0.05) is 56.0 Å². The Kier molecular flexibility index (Phi) is 6.43. The van der Waals surface area contributed by atoms with Crippen LogP contribution in [-0.2, 0) is 6.42 Å². The van der Waals surface area contributed by atoms with Gasteiger partial charge in [0.25, 0.3) is 0 Å². The Labute approximate surface area is 119 Å². The molecule has 1 aromatic carbocycles. The number of likely N-dealkylation sites (tertiary alicyclic amines) is 1. The maximum Gasteiger partial charge on any atom is -0.00191 e. The van der Waals surface area contributed by atoms with Gasteiger partial charge in [0.05, 0.1) is 0 Å². The van der Waals surface area contributed by atoms with Crippen molar-refractivity contribution in [2.75, 3.05) is 20.1 Å². The van der Waals surface area contributed by atoms with Crippen LogP contribution in [0.15, 0.2) is 30.3 Å². The van der Waals surface area contributed by atoms with Gasteiger partial charge < -0.3 is 4.90 Å². The fourth-order valence-corrected chi connectivity index (χ4v) is 3.11. The van der Waals surface area contributed by atoms with Gasteiger partial charge in [-0.05, 0) is 57.3 Å². The lowest BCUT2D eigenvalue weighted by molar-refractivity contribution is 0.209. The molecule has 0 atom stereocenters. The van der Waals surface area contributed by atoms with E-state index >= 15 is 0 Å². The number of nitrogens with zero attached hydrogens (tertiary/aromatic N) is 1. The average Bonchev–Trinajstić information content (AvgIpc) is 2.46. The van der Waals surface area contributed by atoms with Crippen molar-refractivity contribution in [2.24, 2.45) is 5.92 Å². The molecule has 1 heterocycles. The standard InChI is InChI=1S/C18H29N/c1-19-15-13-18(14-16-19)12-6-3-2-5-9-17-10-7-4-8-11-17/h4,7-8,10-11,18H,2-3,5-6,9,12-16H2,1H3. The van der Waals surface area contributed by atoms with E-state index in [1.165, 1.54) is 70.0 Å². The van der Waals surface area contributed by atoms with Gasteiger partial charge in [-0.2, -0.15) is 0 Å². The Bertz CT molecular complexity index is 325. The van der Waals surface area contributed by atoms with Gasteiger partial charge >= 0.3 is 0 Å². The number of benzene rings is 1. The Hall–Kier alpha value is -0.820. The van der Waals surface area contributed by atoms with Gasteiger partial charge in [0.15, 0.2) is 0 Å². The first-order valence-corrected chi connectivity index (χ1v) is 8.07. The number of aryl methyl sites for hydroxylation is 1. The van der Waals surface area contributed by atoms with Crippen molar-refractivity contribution in [2.45, 2.75) is 51.4 Å². The largest absolute Gasteiger partial charge is 0.306 e. The SMILES string of the molecule is CN1CCC(CCCCCCc2ccccc2)CC1. The molecule has 0 saturated carbocycles. The summed E-state index contributed by atoms with van der Waals surface area (Å²) in [5.41, 5.74) is 1.50. The zero-order valence-corrected chi connectivity index (χ0v) is 12.5. The van der Waals surface area contributed by atoms with Crippen LogP contribution in [-0.4, -0.2) is 25.0 Å². The van der Waals surface area contributed by atoms with Crippen LogP contribution < -0.4 is 0 Å². The van der Waals surface area contributed by atoms with E-state index in [9.17, 15) is 0 Å². The zero-order valence-electron chi connectivity index (χ0n) is 12.5.